The molecule has 2 aliphatic rings. The van der Waals surface area contributed by atoms with E-state index in [1.807, 2.05) is 4.90 Å². The quantitative estimate of drug-likeness (QED) is 0.488. The second kappa shape index (κ2) is 12.5. The maximum Gasteiger partial charge on any atom is 0.416 e. The van der Waals surface area contributed by atoms with Crippen molar-refractivity contribution in [2.45, 2.75) is 51.3 Å². The Kier molecular flexibility index (Phi) is 10.0. The first kappa shape index (κ1) is 32.0. The zero-order chi connectivity index (χ0) is 29.9. The Labute approximate surface area is 238 Å². The van der Waals surface area contributed by atoms with Crippen molar-refractivity contribution in [2.75, 3.05) is 38.5 Å². The number of rotatable bonds is 7. The van der Waals surface area contributed by atoms with Crippen LogP contribution in [0.15, 0.2) is 41.5 Å². The third-order valence-electron chi connectivity index (χ3n) is 6.65. The van der Waals surface area contributed by atoms with E-state index in [-0.39, 0.29) is 30.0 Å². The Morgan fingerprint density at radius 2 is 1.77 bits per heavy atom. The van der Waals surface area contributed by atoms with Gasteiger partial charge in [0.1, 0.15) is 5.60 Å². The molecule has 1 aliphatic heterocycles. The number of nitrogens with one attached hydrogen (secondary N) is 1. The summed E-state index contributed by atoms with van der Waals surface area (Å²) in [5.74, 6) is -1.52. The summed E-state index contributed by atoms with van der Waals surface area (Å²) in [4.78, 5) is 28.4. The molecule has 0 spiro atoms. The molecule has 40 heavy (non-hydrogen) atoms. The van der Waals surface area contributed by atoms with Crippen molar-refractivity contribution in [3.8, 4) is 0 Å². The molecule has 0 bridgehead atoms. The molecular formula is C27H35ClF3N3O5S. The zero-order valence-corrected chi connectivity index (χ0v) is 24.5. The number of amides is 2. The van der Waals surface area contributed by atoms with E-state index in [0.717, 1.165) is 6.07 Å². The lowest BCUT2D eigenvalue weighted by molar-refractivity contribution is -0.138. The van der Waals surface area contributed by atoms with Crippen LogP contribution in [0.1, 0.15) is 49.2 Å². The van der Waals surface area contributed by atoms with E-state index in [0.29, 0.717) is 31.2 Å². The maximum atomic E-state index is 14.0. The fraction of sp³-hybridized carbons (Fsp3) is 0.556. The number of hydrogen-bond acceptors (Lipinski definition) is 6. The van der Waals surface area contributed by atoms with Crippen LogP contribution in [0.4, 0.5) is 18.0 Å². The van der Waals surface area contributed by atoms with E-state index >= 15 is 0 Å². The Morgan fingerprint density at radius 1 is 1.12 bits per heavy atom. The topological polar surface area (TPSA) is 96.0 Å². The van der Waals surface area contributed by atoms with Gasteiger partial charge in [0.15, 0.2) is 9.84 Å². The Morgan fingerprint density at radius 3 is 2.35 bits per heavy atom. The molecule has 2 unspecified atom stereocenters. The normalized spacial score (nSPS) is 20.7. The Hall–Kier alpha value is -2.57. The van der Waals surface area contributed by atoms with E-state index < -0.39 is 50.3 Å². The monoisotopic (exact) mass is 605 g/mol. The first-order valence-corrected chi connectivity index (χ1v) is 15.0. The summed E-state index contributed by atoms with van der Waals surface area (Å²) >= 11 is 6.03. The molecule has 2 atom stereocenters. The van der Waals surface area contributed by atoms with Crippen molar-refractivity contribution >= 4 is 33.4 Å². The second-order valence-corrected chi connectivity index (χ2v) is 13.7. The van der Waals surface area contributed by atoms with Crippen molar-refractivity contribution < 1.29 is 35.9 Å². The SMILES string of the molecule is CCS(=O)(=O)C1C=CC(Cl)=CC1CNC(=O)c1ccc(CN2CCN(C(=O)OC(C)(C)C)CC2)c(C(F)(F)F)c1. The maximum absolute atomic E-state index is 14.0. The number of halogens is 4. The lowest BCUT2D eigenvalue weighted by Gasteiger charge is -2.36. The minimum Gasteiger partial charge on any atom is -0.444 e. The van der Waals surface area contributed by atoms with Crippen LogP contribution in [-0.2, 0) is 27.3 Å². The molecule has 1 fully saturated rings. The van der Waals surface area contributed by atoms with Crippen LogP contribution in [0.3, 0.4) is 0 Å². The summed E-state index contributed by atoms with van der Waals surface area (Å²) in [7, 11) is -3.49. The van der Waals surface area contributed by atoms with Gasteiger partial charge >= 0.3 is 12.3 Å². The average molecular weight is 606 g/mol. The molecule has 0 saturated carbocycles. The summed E-state index contributed by atoms with van der Waals surface area (Å²) in [6.07, 6.45) is -0.703. The third kappa shape index (κ3) is 8.47. The fourth-order valence-corrected chi connectivity index (χ4v) is 6.17. The molecule has 1 aromatic carbocycles. The van der Waals surface area contributed by atoms with Crippen molar-refractivity contribution in [2.24, 2.45) is 5.92 Å². The van der Waals surface area contributed by atoms with Gasteiger partial charge in [-0.15, -0.1) is 0 Å². The van der Waals surface area contributed by atoms with Crippen molar-refractivity contribution in [1.82, 2.24) is 15.1 Å². The number of sulfone groups is 1. The number of ether oxygens (including phenoxy) is 1. The first-order chi connectivity index (χ1) is 18.5. The van der Waals surface area contributed by atoms with E-state index in [1.165, 1.54) is 42.2 Å². The highest BCUT2D eigenvalue weighted by atomic mass is 35.5. The number of nitrogens with zero attached hydrogens (tertiary/aromatic N) is 2. The molecule has 222 valence electrons. The molecule has 1 aromatic rings. The van der Waals surface area contributed by atoms with Gasteiger partial charge in [0.05, 0.1) is 10.8 Å². The minimum atomic E-state index is -4.70. The smallest absolute Gasteiger partial charge is 0.416 e. The summed E-state index contributed by atoms with van der Waals surface area (Å²) in [6, 6.07) is 3.41. The number of hydrogen-bond donors (Lipinski definition) is 1. The summed E-state index contributed by atoms with van der Waals surface area (Å²) in [6.45, 7) is 8.05. The van der Waals surface area contributed by atoms with Crippen LogP contribution in [0.25, 0.3) is 0 Å². The van der Waals surface area contributed by atoms with Gasteiger partial charge in [0.2, 0.25) is 0 Å². The predicted octanol–water partition coefficient (Wildman–Crippen LogP) is 4.60. The van der Waals surface area contributed by atoms with Crippen molar-refractivity contribution in [1.29, 1.82) is 0 Å². The Bertz CT molecular complexity index is 1270. The lowest BCUT2D eigenvalue weighted by atomic mass is 9.99. The van der Waals surface area contributed by atoms with Gasteiger partial charge in [0, 0.05) is 61.5 Å². The fourth-order valence-electron chi connectivity index (χ4n) is 4.53. The average Bonchev–Trinajstić information content (AvgIpc) is 2.86. The van der Waals surface area contributed by atoms with Crippen LogP contribution in [-0.4, -0.2) is 79.5 Å². The molecule has 2 amide bonds. The van der Waals surface area contributed by atoms with Gasteiger partial charge in [-0.05, 0) is 44.5 Å². The number of carbonyl (C=O) groups excluding carboxylic acids is 2. The molecule has 3 rings (SSSR count). The summed E-state index contributed by atoms with van der Waals surface area (Å²) < 4.78 is 72.3. The molecule has 13 heteroatoms. The van der Waals surface area contributed by atoms with Crippen LogP contribution >= 0.6 is 11.6 Å². The molecule has 0 aromatic heterocycles. The van der Waals surface area contributed by atoms with Crippen LogP contribution in [0.2, 0.25) is 0 Å². The highest BCUT2D eigenvalue weighted by Gasteiger charge is 2.36. The molecule has 1 aliphatic carbocycles. The van der Waals surface area contributed by atoms with Gasteiger partial charge < -0.3 is 15.0 Å². The minimum absolute atomic E-state index is 0.00679. The third-order valence-corrected chi connectivity index (χ3v) is 9.04. The number of carbonyl (C=O) groups is 2. The van der Waals surface area contributed by atoms with Crippen molar-refractivity contribution in [3.05, 3.63) is 58.1 Å². The summed E-state index contributed by atoms with van der Waals surface area (Å²) in [5.41, 5.74) is -1.75. The van der Waals surface area contributed by atoms with Gasteiger partial charge in [-0.1, -0.05) is 36.7 Å². The van der Waals surface area contributed by atoms with E-state index in [2.05, 4.69) is 5.32 Å². The number of allylic oxidation sites excluding steroid dienone is 2. The van der Waals surface area contributed by atoms with Gasteiger partial charge in [-0.2, -0.15) is 13.2 Å². The zero-order valence-electron chi connectivity index (χ0n) is 22.9. The number of alkyl halides is 3. The standard InChI is InChI=1S/C27H35ClF3N3O5S/c1-5-40(37,38)23-9-8-21(28)14-20(23)16-32-24(35)18-6-7-19(22(15-18)27(29,30)31)17-33-10-12-34(13-11-33)25(36)39-26(2,3)4/h6-9,14-15,20,23H,5,10-13,16-17H2,1-4H3,(H,32,35). The van der Waals surface area contributed by atoms with Crippen LogP contribution < -0.4 is 5.32 Å². The van der Waals surface area contributed by atoms with Gasteiger partial charge in [-0.25, -0.2) is 13.2 Å². The van der Waals surface area contributed by atoms with Crippen LogP contribution in [0.5, 0.6) is 0 Å². The highest BCUT2D eigenvalue weighted by Crippen LogP contribution is 2.34. The largest absolute Gasteiger partial charge is 0.444 e. The molecule has 1 saturated heterocycles. The lowest BCUT2D eigenvalue weighted by Crippen LogP contribution is -2.49. The highest BCUT2D eigenvalue weighted by molar-refractivity contribution is 7.92. The second-order valence-electron chi connectivity index (χ2n) is 10.8. The molecule has 0 radical (unpaired) electrons. The molecule has 1 heterocycles. The summed E-state index contributed by atoms with van der Waals surface area (Å²) in [5, 5.41) is 1.98. The predicted molar refractivity (Wildman–Crippen MR) is 147 cm³/mol. The number of piperazine rings is 1. The molecule has 1 N–H and O–H groups in total. The molecule has 8 nitrogen and oxygen atoms in total. The van der Waals surface area contributed by atoms with E-state index in [4.69, 9.17) is 16.3 Å². The Balaban J connectivity index is 1.68. The van der Waals surface area contributed by atoms with Crippen molar-refractivity contribution in [3.63, 3.8) is 0 Å². The van der Waals surface area contributed by atoms with Gasteiger partial charge in [-0.3, -0.25) is 9.69 Å². The number of benzene rings is 1. The van der Waals surface area contributed by atoms with E-state index in [9.17, 15) is 31.2 Å². The molecular weight excluding hydrogens is 571 g/mol. The first-order valence-electron chi connectivity index (χ1n) is 13.0. The van der Waals surface area contributed by atoms with Gasteiger partial charge in [0.25, 0.3) is 5.91 Å². The van der Waals surface area contributed by atoms with E-state index in [1.54, 1.807) is 20.8 Å². The van der Waals surface area contributed by atoms with Crippen LogP contribution in [0, 0.1) is 5.92 Å².